The summed E-state index contributed by atoms with van der Waals surface area (Å²) in [7, 11) is 0. The van der Waals surface area contributed by atoms with Crippen molar-refractivity contribution < 1.29 is 0 Å². The summed E-state index contributed by atoms with van der Waals surface area (Å²) in [5, 5.41) is 0. The molecule has 0 aromatic carbocycles. The lowest BCUT2D eigenvalue weighted by molar-refractivity contribution is 1.15. The van der Waals surface area contributed by atoms with Crippen LogP contribution in [0.15, 0.2) is 40.1 Å². The van der Waals surface area contributed by atoms with Crippen molar-refractivity contribution in [3.8, 4) is 11.3 Å². The van der Waals surface area contributed by atoms with Gasteiger partial charge in [-0.25, -0.2) is 9.97 Å². The van der Waals surface area contributed by atoms with Gasteiger partial charge in [0.25, 0.3) is 5.56 Å². The predicted octanol–water partition coefficient (Wildman–Crippen LogP) is 1.59. The predicted molar refractivity (Wildman–Crippen MR) is 55.8 cm³/mol. The zero-order valence-electron chi connectivity index (χ0n) is 7.07. The average molecular weight is 252 g/mol. The smallest absolute Gasteiger partial charge is 0.262 e. The van der Waals surface area contributed by atoms with Gasteiger partial charge in [0.05, 0.1) is 10.2 Å². The number of pyridine rings is 1. The fraction of sp³-hybridized carbons (Fsp3) is 0. The van der Waals surface area contributed by atoms with Crippen molar-refractivity contribution >= 4 is 15.9 Å². The van der Waals surface area contributed by atoms with E-state index in [1.54, 1.807) is 24.5 Å². The first-order valence-corrected chi connectivity index (χ1v) is 4.71. The topological polar surface area (TPSA) is 58.6 Å². The van der Waals surface area contributed by atoms with Gasteiger partial charge in [-0.15, -0.1) is 0 Å². The Morgan fingerprint density at radius 3 is 2.93 bits per heavy atom. The lowest BCUT2D eigenvalue weighted by Gasteiger charge is -1.98. The third kappa shape index (κ3) is 1.72. The Morgan fingerprint density at radius 1 is 1.43 bits per heavy atom. The first-order valence-electron chi connectivity index (χ1n) is 3.92. The van der Waals surface area contributed by atoms with Crippen LogP contribution in [0.5, 0.6) is 0 Å². The second-order valence-electron chi connectivity index (χ2n) is 2.66. The van der Waals surface area contributed by atoms with E-state index in [1.165, 1.54) is 6.33 Å². The van der Waals surface area contributed by atoms with E-state index in [2.05, 4.69) is 30.9 Å². The number of aromatic nitrogens is 3. The van der Waals surface area contributed by atoms with Crippen LogP contribution in [0.25, 0.3) is 11.3 Å². The molecule has 0 saturated heterocycles. The summed E-state index contributed by atoms with van der Waals surface area (Å²) in [5.41, 5.74) is 1.47. The van der Waals surface area contributed by atoms with Crippen LogP contribution in [0.1, 0.15) is 0 Å². The molecular weight excluding hydrogens is 246 g/mol. The summed E-state index contributed by atoms with van der Waals surface area (Å²) in [4.78, 5) is 21.6. The van der Waals surface area contributed by atoms with E-state index in [1.807, 2.05) is 0 Å². The second-order valence-corrected chi connectivity index (χ2v) is 3.51. The molecular formula is C9H6BrN3O. The molecule has 0 bridgehead atoms. The molecule has 0 radical (unpaired) electrons. The van der Waals surface area contributed by atoms with Gasteiger partial charge in [-0.1, -0.05) is 0 Å². The van der Waals surface area contributed by atoms with Crippen molar-refractivity contribution in [2.45, 2.75) is 0 Å². The van der Waals surface area contributed by atoms with Gasteiger partial charge in [0.1, 0.15) is 6.33 Å². The maximum absolute atomic E-state index is 11.1. The van der Waals surface area contributed by atoms with Crippen molar-refractivity contribution in [2.75, 3.05) is 0 Å². The SMILES string of the molecule is O=c1[nH]cc(-c2ccncn2)cc1Br. The summed E-state index contributed by atoms with van der Waals surface area (Å²) >= 11 is 3.16. The van der Waals surface area contributed by atoms with Crippen molar-refractivity contribution in [1.29, 1.82) is 0 Å². The molecule has 0 fully saturated rings. The van der Waals surface area contributed by atoms with Crippen molar-refractivity contribution in [3.63, 3.8) is 0 Å². The summed E-state index contributed by atoms with van der Waals surface area (Å²) in [6.07, 6.45) is 4.74. The molecule has 0 aliphatic heterocycles. The Morgan fingerprint density at radius 2 is 2.29 bits per heavy atom. The van der Waals surface area contributed by atoms with Crippen LogP contribution in [0.3, 0.4) is 0 Å². The molecule has 2 rings (SSSR count). The lowest BCUT2D eigenvalue weighted by atomic mass is 10.2. The maximum atomic E-state index is 11.1. The average Bonchev–Trinajstić information content (AvgIpc) is 2.23. The van der Waals surface area contributed by atoms with Crippen LogP contribution in [-0.2, 0) is 0 Å². The molecule has 2 heterocycles. The highest BCUT2D eigenvalue weighted by Crippen LogP contribution is 2.16. The number of hydrogen-bond acceptors (Lipinski definition) is 3. The van der Waals surface area contributed by atoms with Gasteiger partial charge in [-0.05, 0) is 28.1 Å². The van der Waals surface area contributed by atoms with Crippen molar-refractivity contribution in [3.05, 3.63) is 45.7 Å². The molecule has 0 spiro atoms. The maximum Gasteiger partial charge on any atom is 0.262 e. The number of rotatable bonds is 1. The number of H-pyrrole nitrogens is 1. The van der Waals surface area contributed by atoms with Crippen LogP contribution in [0.4, 0.5) is 0 Å². The molecule has 0 unspecified atom stereocenters. The third-order valence-corrected chi connectivity index (χ3v) is 2.32. The van der Waals surface area contributed by atoms with Crippen LogP contribution in [-0.4, -0.2) is 15.0 Å². The zero-order valence-corrected chi connectivity index (χ0v) is 8.65. The van der Waals surface area contributed by atoms with Gasteiger partial charge in [-0.3, -0.25) is 4.79 Å². The number of nitrogens with zero attached hydrogens (tertiary/aromatic N) is 2. The first kappa shape index (κ1) is 9.08. The van der Waals surface area contributed by atoms with Crippen LogP contribution in [0, 0.1) is 0 Å². The second kappa shape index (κ2) is 3.71. The molecule has 0 aliphatic carbocycles. The molecule has 0 amide bonds. The number of aromatic amines is 1. The van der Waals surface area contributed by atoms with Gasteiger partial charge in [0, 0.05) is 18.0 Å². The van der Waals surface area contributed by atoms with E-state index in [4.69, 9.17) is 0 Å². The molecule has 4 nitrogen and oxygen atoms in total. The zero-order chi connectivity index (χ0) is 9.97. The van der Waals surface area contributed by atoms with Gasteiger partial charge in [0.2, 0.25) is 0 Å². The third-order valence-electron chi connectivity index (χ3n) is 1.74. The molecule has 0 atom stereocenters. The molecule has 0 saturated carbocycles. The minimum atomic E-state index is -0.150. The summed E-state index contributed by atoms with van der Waals surface area (Å²) in [6, 6.07) is 3.50. The van der Waals surface area contributed by atoms with E-state index in [-0.39, 0.29) is 5.56 Å². The lowest BCUT2D eigenvalue weighted by Crippen LogP contribution is -2.05. The molecule has 2 aromatic heterocycles. The summed E-state index contributed by atoms with van der Waals surface area (Å²) < 4.78 is 0.494. The number of halogens is 1. The van der Waals surface area contributed by atoms with E-state index < -0.39 is 0 Å². The Balaban J connectivity index is 2.54. The van der Waals surface area contributed by atoms with E-state index in [0.29, 0.717) is 4.47 Å². The highest BCUT2D eigenvalue weighted by Gasteiger charge is 2.01. The van der Waals surface area contributed by atoms with E-state index in [9.17, 15) is 4.79 Å². The first-order chi connectivity index (χ1) is 6.77. The minimum Gasteiger partial charge on any atom is -0.327 e. The Kier molecular flexibility index (Phi) is 2.41. The fourth-order valence-electron chi connectivity index (χ4n) is 1.07. The van der Waals surface area contributed by atoms with Crippen LogP contribution in [0.2, 0.25) is 0 Å². The quantitative estimate of drug-likeness (QED) is 0.838. The molecule has 1 N–H and O–H groups in total. The molecule has 70 valence electrons. The number of hydrogen-bond donors (Lipinski definition) is 1. The summed E-state index contributed by atoms with van der Waals surface area (Å²) in [5.74, 6) is 0. The van der Waals surface area contributed by atoms with Crippen LogP contribution < -0.4 is 5.56 Å². The standard InChI is InChI=1S/C9H6BrN3O/c10-7-3-6(4-12-9(7)14)8-1-2-11-5-13-8/h1-5H,(H,12,14). The number of nitrogens with one attached hydrogen (secondary N) is 1. The van der Waals surface area contributed by atoms with Gasteiger partial charge in [-0.2, -0.15) is 0 Å². The van der Waals surface area contributed by atoms with Crippen LogP contribution >= 0.6 is 15.9 Å². The van der Waals surface area contributed by atoms with Crippen molar-refractivity contribution in [2.24, 2.45) is 0 Å². The summed E-state index contributed by atoms with van der Waals surface area (Å²) in [6.45, 7) is 0. The minimum absolute atomic E-state index is 0.150. The molecule has 14 heavy (non-hydrogen) atoms. The van der Waals surface area contributed by atoms with E-state index in [0.717, 1.165) is 11.3 Å². The van der Waals surface area contributed by atoms with Gasteiger partial charge in [0.15, 0.2) is 0 Å². The van der Waals surface area contributed by atoms with Crippen molar-refractivity contribution in [1.82, 2.24) is 15.0 Å². The Labute approximate surface area is 88.2 Å². The fourth-order valence-corrected chi connectivity index (χ4v) is 1.43. The highest BCUT2D eigenvalue weighted by molar-refractivity contribution is 9.10. The highest BCUT2D eigenvalue weighted by atomic mass is 79.9. The van der Waals surface area contributed by atoms with Gasteiger partial charge < -0.3 is 4.98 Å². The molecule has 5 heteroatoms. The monoisotopic (exact) mass is 251 g/mol. The molecule has 2 aromatic rings. The van der Waals surface area contributed by atoms with Gasteiger partial charge >= 0.3 is 0 Å². The largest absolute Gasteiger partial charge is 0.327 e. The Hall–Kier alpha value is -1.49. The van der Waals surface area contributed by atoms with E-state index >= 15 is 0 Å². The normalized spacial score (nSPS) is 10.1. The molecule has 0 aliphatic rings. The Bertz CT molecular complexity index is 495.